The van der Waals surface area contributed by atoms with Crippen LogP contribution in [0.15, 0.2) is 42.5 Å². The second-order valence-corrected chi connectivity index (χ2v) is 7.67. The minimum Gasteiger partial charge on any atom is -0.494 e. The van der Waals surface area contributed by atoms with Gasteiger partial charge in [-0.05, 0) is 61.1 Å². The summed E-state index contributed by atoms with van der Waals surface area (Å²) in [6, 6.07) is 14.2. The third kappa shape index (κ3) is 4.74. The van der Waals surface area contributed by atoms with Crippen molar-refractivity contribution in [1.82, 2.24) is 0 Å². The van der Waals surface area contributed by atoms with Crippen LogP contribution in [-0.4, -0.2) is 29.7 Å². The summed E-state index contributed by atoms with van der Waals surface area (Å²) in [6.45, 7) is 2.64. The largest absolute Gasteiger partial charge is 0.494 e. The van der Waals surface area contributed by atoms with Crippen molar-refractivity contribution in [3.05, 3.63) is 64.2 Å². The molecule has 2 aromatic carbocycles. The van der Waals surface area contributed by atoms with Crippen LogP contribution in [0.2, 0.25) is 5.02 Å². The summed E-state index contributed by atoms with van der Waals surface area (Å²) < 4.78 is 11.5. The van der Waals surface area contributed by atoms with Crippen LogP contribution in [-0.2, 0) is 11.2 Å². The number of hydrogen-bond donors (Lipinski definition) is 2. The molecule has 0 amide bonds. The number of hydrogen-bond acceptors (Lipinski definition) is 4. The SMILES string of the molecule is CCOc1ccc(Cc2cc([C@@H]3CC[C@H](S)[C@@H](CO)O3)ccc2Cl)cc1. The zero-order chi connectivity index (χ0) is 18.5. The molecule has 1 aliphatic heterocycles. The Hall–Kier alpha value is -1.20. The Labute approximate surface area is 165 Å². The highest BCUT2D eigenvalue weighted by molar-refractivity contribution is 7.81. The molecule has 1 N–H and O–H groups in total. The molecule has 1 fully saturated rings. The first-order chi connectivity index (χ1) is 12.6. The third-order valence-electron chi connectivity index (χ3n) is 4.74. The maximum absolute atomic E-state index is 9.48. The summed E-state index contributed by atoms with van der Waals surface area (Å²) in [5, 5.41) is 10.3. The fraction of sp³-hybridized carbons (Fsp3) is 0.429. The first-order valence-corrected chi connectivity index (χ1v) is 9.94. The van der Waals surface area contributed by atoms with Gasteiger partial charge in [0.1, 0.15) is 5.75 Å². The molecular weight excluding hydrogens is 368 g/mol. The van der Waals surface area contributed by atoms with E-state index in [0.29, 0.717) is 6.61 Å². The quantitative estimate of drug-likeness (QED) is 0.691. The van der Waals surface area contributed by atoms with E-state index < -0.39 is 0 Å². The standard InChI is InChI=1S/C21H25ClO3S/c1-2-24-17-6-3-14(4-7-17)11-16-12-15(5-8-18(16)22)19-9-10-21(26)20(13-23)25-19/h3-8,12,19-21,23,26H,2,9-11,13H2,1H3/t19-,20+,21-/m0/s1. The van der Waals surface area contributed by atoms with E-state index in [4.69, 9.17) is 21.1 Å². The van der Waals surface area contributed by atoms with Crippen LogP contribution >= 0.6 is 24.2 Å². The Morgan fingerprint density at radius 3 is 2.65 bits per heavy atom. The van der Waals surface area contributed by atoms with Gasteiger partial charge in [0, 0.05) is 10.3 Å². The lowest BCUT2D eigenvalue weighted by molar-refractivity contribution is -0.0692. The molecule has 0 unspecified atom stereocenters. The monoisotopic (exact) mass is 392 g/mol. The van der Waals surface area contributed by atoms with Crippen molar-refractivity contribution in [2.75, 3.05) is 13.2 Å². The van der Waals surface area contributed by atoms with E-state index in [1.54, 1.807) is 0 Å². The van der Waals surface area contributed by atoms with Gasteiger partial charge in [-0.15, -0.1) is 0 Å². The van der Waals surface area contributed by atoms with Gasteiger partial charge in [-0.2, -0.15) is 12.6 Å². The fourth-order valence-corrected chi connectivity index (χ4v) is 3.81. The number of thiol groups is 1. The fourth-order valence-electron chi connectivity index (χ4n) is 3.31. The van der Waals surface area contributed by atoms with Gasteiger partial charge >= 0.3 is 0 Å². The van der Waals surface area contributed by atoms with Crippen molar-refractivity contribution in [1.29, 1.82) is 0 Å². The summed E-state index contributed by atoms with van der Waals surface area (Å²) in [6.07, 6.45) is 2.34. The lowest BCUT2D eigenvalue weighted by Crippen LogP contribution is -2.35. The van der Waals surface area contributed by atoms with E-state index in [1.165, 1.54) is 5.56 Å². The number of benzene rings is 2. The van der Waals surface area contributed by atoms with Crippen molar-refractivity contribution < 1.29 is 14.6 Å². The lowest BCUT2D eigenvalue weighted by Gasteiger charge is -2.33. The zero-order valence-electron chi connectivity index (χ0n) is 14.9. The van der Waals surface area contributed by atoms with E-state index in [9.17, 15) is 5.11 Å². The van der Waals surface area contributed by atoms with E-state index in [1.807, 2.05) is 31.2 Å². The second kappa shape index (κ2) is 9.14. The van der Waals surface area contributed by atoms with Crippen molar-refractivity contribution in [2.45, 2.75) is 43.6 Å². The maximum atomic E-state index is 9.48. The van der Waals surface area contributed by atoms with Gasteiger partial charge in [0.2, 0.25) is 0 Å². The summed E-state index contributed by atoms with van der Waals surface area (Å²) in [7, 11) is 0. The van der Waals surface area contributed by atoms with Gasteiger partial charge in [0.25, 0.3) is 0 Å². The zero-order valence-corrected chi connectivity index (χ0v) is 16.5. The van der Waals surface area contributed by atoms with Crippen LogP contribution in [0.25, 0.3) is 0 Å². The molecule has 140 valence electrons. The highest BCUT2D eigenvalue weighted by Gasteiger charge is 2.29. The second-order valence-electron chi connectivity index (χ2n) is 6.60. The molecule has 3 atom stereocenters. The lowest BCUT2D eigenvalue weighted by atomic mass is 9.95. The smallest absolute Gasteiger partial charge is 0.119 e. The summed E-state index contributed by atoms with van der Waals surface area (Å²) in [4.78, 5) is 0. The molecule has 2 aromatic rings. The summed E-state index contributed by atoms with van der Waals surface area (Å²) >= 11 is 10.9. The van der Waals surface area contributed by atoms with Gasteiger partial charge in [0.05, 0.1) is 25.4 Å². The molecule has 1 aliphatic rings. The minimum absolute atomic E-state index is 0.00269. The molecule has 26 heavy (non-hydrogen) atoms. The Balaban J connectivity index is 1.75. The van der Waals surface area contributed by atoms with Gasteiger partial charge in [-0.3, -0.25) is 0 Å². The maximum Gasteiger partial charge on any atom is 0.119 e. The Morgan fingerprint density at radius 2 is 1.96 bits per heavy atom. The Kier molecular flexibility index (Phi) is 6.87. The van der Waals surface area contributed by atoms with Crippen molar-refractivity contribution >= 4 is 24.2 Å². The van der Waals surface area contributed by atoms with Crippen LogP contribution in [0, 0.1) is 0 Å². The number of rotatable bonds is 6. The third-order valence-corrected chi connectivity index (χ3v) is 5.70. The van der Waals surface area contributed by atoms with Crippen LogP contribution in [0.4, 0.5) is 0 Å². The molecule has 0 spiro atoms. The highest BCUT2D eigenvalue weighted by Crippen LogP contribution is 2.35. The van der Waals surface area contributed by atoms with Gasteiger partial charge in [-0.25, -0.2) is 0 Å². The van der Waals surface area contributed by atoms with Crippen LogP contribution in [0.1, 0.15) is 42.6 Å². The number of halogens is 1. The molecule has 3 nitrogen and oxygen atoms in total. The van der Waals surface area contributed by atoms with E-state index in [0.717, 1.165) is 41.2 Å². The van der Waals surface area contributed by atoms with E-state index >= 15 is 0 Å². The summed E-state index contributed by atoms with van der Waals surface area (Å²) in [5.74, 6) is 0.878. The Morgan fingerprint density at radius 1 is 1.19 bits per heavy atom. The molecule has 0 saturated carbocycles. The van der Waals surface area contributed by atoms with Gasteiger partial charge in [-0.1, -0.05) is 35.9 Å². The highest BCUT2D eigenvalue weighted by atomic mass is 35.5. The molecule has 3 rings (SSSR count). The van der Waals surface area contributed by atoms with Crippen molar-refractivity contribution in [3.8, 4) is 5.75 Å². The van der Waals surface area contributed by atoms with E-state index in [-0.39, 0.29) is 24.1 Å². The topological polar surface area (TPSA) is 38.7 Å². The van der Waals surface area contributed by atoms with Gasteiger partial charge < -0.3 is 14.6 Å². The number of aliphatic hydroxyl groups is 1. The molecule has 1 heterocycles. The van der Waals surface area contributed by atoms with Crippen LogP contribution in [0.3, 0.4) is 0 Å². The normalized spacial score (nSPS) is 23.0. The molecule has 0 aliphatic carbocycles. The van der Waals surface area contributed by atoms with E-state index in [2.05, 4.69) is 30.8 Å². The molecule has 0 radical (unpaired) electrons. The van der Waals surface area contributed by atoms with Crippen LogP contribution in [0.5, 0.6) is 5.75 Å². The number of aliphatic hydroxyl groups excluding tert-OH is 1. The first-order valence-electron chi connectivity index (χ1n) is 9.05. The Bertz CT molecular complexity index is 720. The van der Waals surface area contributed by atoms with Crippen molar-refractivity contribution in [2.24, 2.45) is 0 Å². The predicted molar refractivity (Wildman–Crippen MR) is 109 cm³/mol. The van der Waals surface area contributed by atoms with Gasteiger partial charge in [0.15, 0.2) is 0 Å². The molecular formula is C21H25ClO3S. The van der Waals surface area contributed by atoms with Crippen LogP contribution < -0.4 is 4.74 Å². The average molecular weight is 393 g/mol. The average Bonchev–Trinajstić information content (AvgIpc) is 2.66. The molecule has 0 bridgehead atoms. The molecule has 5 heteroatoms. The predicted octanol–water partition coefficient (Wildman–Crippen LogP) is 4.84. The summed E-state index contributed by atoms with van der Waals surface area (Å²) in [5.41, 5.74) is 3.36. The number of ether oxygens (including phenoxy) is 2. The first kappa shape index (κ1) is 19.6. The molecule has 1 saturated heterocycles. The van der Waals surface area contributed by atoms with Crippen molar-refractivity contribution in [3.63, 3.8) is 0 Å². The minimum atomic E-state index is -0.220. The molecule has 0 aromatic heterocycles.